The maximum absolute atomic E-state index is 13.4. The summed E-state index contributed by atoms with van der Waals surface area (Å²) in [7, 11) is 0. The second kappa shape index (κ2) is 11.8. The smallest absolute Gasteiger partial charge is 0.257 e. The molecule has 1 aliphatic heterocycles. The number of ether oxygens (including phenoxy) is 1. The summed E-state index contributed by atoms with van der Waals surface area (Å²) in [6.45, 7) is 8.43. The summed E-state index contributed by atoms with van der Waals surface area (Å²) < 4.78 is 19.5. The van der Waals surface area contributed by atoms with Crippen LogP contribution in [0.5, 0.6) is 5.75 Å². The Bertz CT molecular complexity index is 929. The van der Waals surface area contributed by atoms with Crippen LogP contribution in [-0.4, -0.2) is 53.9 Å². The fourth-order valence-corrected chi connectivity index (χ4v) is 4.33. The number of benzene rings is 2. The third kappa shape index (κ3) is 6.80. The van der Waals surface area contributed by atoms with Crippen LogP contribution in [0.15, 0.2) is 48.5 Å². The van der Waals surface area contributed by atoms with Crippen molar-refractivity contribution in [1.29, 1.82) is 0 Å². The van der Waals surface area contributed by atoms with E-state index in [1.54, 1.807) is 18.2 Å². The third-order valence-corrected chi connectivity index (χ3v) is 6.07. The molecule has 0 unspecified atom stereocenters. The molecule has 0 spiro atoms. The van der Waals surface area contributed by atoms with E-state index in [4.69, 9.17) is 4.74 Å². The minimum Gasteiger partial charge on any atom is -0.491 e. The molecule has 0 radical (unpaired) electrons. The van der Waals surface area contributed by atoms with E-state index in [1.807, 2.05) is 34.9 Å². The van der Waals surface area contributed by atoms with Crippen molar-refractivity contribution < 1.29 is 18.7 Å². The highest BCUT2D eigenvalue weighted by atomic mass is 19.1. The zero-order chi connectivity index (χ0) is 23.8. The van der Waals surface area contributed by atoms with Crippen LogP contribution in [0.25, 0.3) is 0 Å². The van der Waals surface area contributed by atoms with Crippen molar-refractivity contribution in [3.05, 3.63) is 65.5 Å². The van der Waals surface area contributed by atoms with E-state index in [9.17, 15) is 14.0 Å². The first-order valence-corrected chi connectivity index (χ1v) is 11.9. The molecule has 0 bridgehead atoms. The van der Waals surface area contributed by atoms with Gasteiger partial charge in [0.2, 0.25) is 5.91 Å². The Kier molecular flexibility index (Phi) is 8.87. The van der Waals surface area contributed by atoms with Crippen molar-refractivity contribution in [3.63, 3.8) is 0 Å². The summed E-state index contributed by atoms with van der Waals surface area (Å²) in [5, 5.41) is 0. The van der Waals surface area contributed by atoms with Crippen LogP contribution in [0, 0.1) is 11.7 Å². The number of hydrogen-bond acceptors (Lipinski definition) is 3. The predicted octanol–water partition coefficient (Wildman–Crippen LogP) is 4.95. The topological polar surface area (TPSA) is 49.9 Å². The van der Waals surface area contributed by atoms with Gasteiger partial charge < -0.3 is 14.5 Å². The number of carbonyl (C=O) groups is 2. The number of halogens is 1. The molecule has 0 aromatic heterocycles. The lowest BCUT2D eigenvalue weighted by atomic mass is 10.0. The van der Waals surface area contributed by atoms with E-state index in [0.29, 0.717) is 43.5 Å². The molecule has 0 saturated carbocycles. The molecule has 2 aromatic rings. The zero-order valence-electron chi connectivity index (χ0n) is 19.9. The second-order valence-corrected chi connectivity index (χ2v) is 9.07. The molecular formula is C27H35FN2O3. The SMILES string of the molecule is CCN1CCCCN(C(=O)Cc2ccc(F)cc2)[C@@H](CC(C)C)COc2ccccc2C1=O. The summed E-state index contributed by atoms with van der Waals surface area (Å²) in [4.78, 5) is 30.3. The van der Waals surface area contributed by atoms with Crippen LogP contribution in [0.4, 0.5) is 4.39 Å². The van der Waals surface area contributed by atoms with Gasteiger partial charge in [-0.05, 0) is 61.9 Å². The van der Waals surface area contributed by atoms with E-state index in [-0.39, 0.29) is 30.1 Å². The molecule has 0 N–H and O–H groups in total. The average Bonchev–Trinajstić information content (AvgIpc) is 2.79. The highest BCUT2D eigenvalue weighted by Gasteiger charge is 2.27. The molecule has 2 amide bonds. The number of fused-ring (bicyclic) bond motifs is 1. The van der Waals surface area contributed by atoms with E-state index in [2.05, 4.69) is 13.8 Å². The molecule has 1 atom stereocenters. The van der Waals surface area contributed by atoms with Gasteiger partial charge in [-0.15, -0.1) is 0 Å². The number of amides is 2. The normalized spacial score (nSPS) is 17.7. The van der Waals surface area contributed by atoms with E-state index >= 15 is 0 Å². The van der Waals surface area contributed by atoms with E-state index < -0.39 is 0 Å². The van der Waals surface area contributed by atoms with Gasteiger partial charge in [-0.25, -0.2) is 4.39 Å². The molecule has 0 saturated heterocycles. The van der Waals surface area contributed by atoms with Crippen molar-refractivity contribution in [1.82, 2.24) is 9.80 Å². The Morgan fingerprint density at radius 1 is 1.09 bits per heavy atom. The summed E-state index contributed by atoms with van der Waals surface area (Å²) in [6, 6.07) is 13.3. The Hall–Kier alpha value is -2.89. The van der Waals surface area contributed by atoms with Crippen molar-refractivity contribution in [2.24, 2.45) is 5.92 Å². The Balaban J connectivity index is 1.87. The summed E-state index contributed by atoms with van der Waals surface area (Å²) in [5.41, 5.74) is 1.36. The maximum Gasteiger partial charge on any atom is 0.257 e. The second-order valence-electron chi connectivity index (χ2n) is 9.07. The lowest BCUT2D eigenvalue weighted by molar-refractivity contribution is -0.134. The molecule has 1 aliphatic rings. The molecule has 2 aromatic carbocycles. The quantitative estimate of drug-likeness (QED) is 0.643. The van der Waals surface area contributed by atoms with Gasteiger partial charge in [-0.3, -0.25) is 9.59 Å². The van der Waals surface area contributed by atoms with Crippen LogP contribution in [0.2, 0.25) is 0 Å². The fourth-order valence-electron chi connectivity index (χ4n) is 4.33. The van der Waals surface area contributed by atoms with Gasteiger partial charge in [0.25, 0.3) is 5.91 Å². The molecule has 0 fully saturated rings. The Morgan fingerprint density at radius 3 is 2.48 bits per heavy atom. The van der Waals surface area contributed by atoms with E-state index in [0.717, 1.165) is 24.8 Å². The first kappa shape index (κ1) is 24.7. The first-order chi connectivity index (χ1) is 15.9. The number of nitrogens with zero attached hydrogens (tertiary/aromatic N) is 2. The van der Waals surface area contributed by atoms with Gasteiger partial charge in [0.15, 0.2) is 0 Å². The van der Waals surface area contributed by atoms with Gasteiger partial charge in [0.05, 0.1) is 18.0 Å². The number of rotatable bonds is 5. The lowest BCUT2D eigenvalue weighted by Gasteiger charge is -2.34. The maximum atomic E-state index is 13.4. The van der Waals surface area contributed by atoms with Crippen molar-refractivity contribution in [2.45, 2.75) is 52.5 Å². The standard InChI is InChI=1S/C27H35FN2O3/c1-4-29-15-7-8-16-30(26(31)18-21-11-13-22(28)14-12-21)23(17-20(2)3)19-33-25-10-6-5-9-24(25)27(29)32/h5-6,9-14,20,23H,4,7-8,15-19H2,1-3H3/t23-/m0/s1. The molecule has 6 heteroatoms. The summed E-state index contributed by atoms with van der Waals surface area (Å²) >= 11 is 0. The highest BCUT2D eigenvalue weighted by molar-refractivity contribution is 5.97. The van der Waals surface area contributed by atoms with Crippen molar-refractivity contribution >= 4 is 11.8 Å². The molecular weight excluding hydrogens is 419 g/mol. The number of carbonyl (C=O) groups excluding carboxylic acids is 2. The molecule has 1 heterocycles. The van der Waals surface area contributed by atoms with Gasteiger partial charge >= 0.3 is 0 Å². The largest absolute Gasteiger partial charge is 0.491 e. The average molecular weight is 455 g/mol. The minimum absolute atomic E-state index is 0.0154. The van der Waals surface area contributed by atoms with Crippen LogP contribution in [0.1, 0.15) is 56.0 Å². The van der Waals surface area contributed by atoms with Crippen LogP contribution in [0.3, 0.4) is 0 Å². The van der Waals surface area contributed by atoms with Crippen LogP contribution in [-0.2, 0) is 11.2 Å². The summed E-state index contributed by atoms with van der Waals surface area (Å²) in [5.74, 6) is 0.626. The monoisotopic (exact) mass is 454 g/mol. The van der Waals surface area contributed by atoms with E-state index in [1.165, 1.54) is 12.1 Å². The predicted molar refractivity (Wildman–Crippen MR) is 128 cm³/mol. The van der Waals surface area contributed by atoms with Gasteiger partial charge in [0, 0.05) is 19.6 Å². The van der Waals surface area contributed by atoms with Gasteiger partial charge in [-0.1, -0.05) is 38.1 Å². The molecule has 3 rings (SSSR count). The highest BCUT2D eigenvalue weighted by Crippen LogP contribution is 2.24. The minimum atomic E-state index is -0.308. The first-order valence-electron chi connectivity index (χ1n) is 11.9. The fraction of sp³-hybridized carbons (Fsp3) is 0.481. The van der Waals surface area contributed by atoms with Crippen LogP contribution < -0.4 is 4.74 Å². The number of hydrogen-bond donors (Lipinski definition) is 0. The van der Waals surface area contributed by atoms with Crippen molar-refractivity contribution in [3.8, 4) is 5.75 Å². The van der Waals surface area contributed by atoms with Crippen LogP contribution >= 0.6 is 0 Å². The molecule has 178 valence electrons. The lowest BCUT2D eigenvalue weighted by Crippen LogP contribution is -2.46. The third-order valence-electron chi connectivity index (χ3n) is 6.07. The summed E-state index contributed by atoms with van der Waals surface area (Å²) in [6.07, 6.45) is 2.64. The number of para-hydroxylation sites is 1. The molecule has 5 nitrogen and oxygen atoms in total. The van der Waals surface area contributed by atoms with Gasteiger partial charge in [0.1, 0.15) is 18.2 Å². The molecule has 33 heavy (non-hydrogen) atoms. The molecule has 0 aliphatic carbocycles. The Labute approximate surface area is 196 Å². The van der Waals surface area contributed by atoms with Crippen molar-refractivity contribution in [2.75, 3.05) is 26.2 Å². The zero-order valence-corrected chi connectivity index (χ0v) is 19.9. The Morgan fingerprint density at radius 2 is 1.79 bits per heavy atom. The van der Waals surface area contributed by atoms with Gasteiger partial charge in [-0.2, -0.15) is 0 Å².